The SMILES string of the molecule is COc1ccccc1N1C(=O)/C(=C/c2cc(Br)cs2)C(=O)NC1=S. The zero-order valence-corrected chi connectivity index (χ0v) is 15.6. The number of carbonyl (C=O) groups is 2. The van der Waals surface area contributed by atoms with Crippen LogP contribution in [-0.4, -0.2) is 24.0 Å². The van der Waals surface area contributed by atoms with Crippen LogP contribution in [0.2, 0.25) is 0 Å². The van der Waals surface area contributed by atoms with Crippen LogP contribution in [0.1, 0.15) is 4.88 Å². The number of hydrogen-bond donors (Lipinski definition) is 1. The van der Waals surface area contributed by atoms with Gasteiger partial charge in [0.05, 0.1) is 12.8 Å². The average Bonchev–Trinajstić information content (AvgIpc) is 2.97. The highest BCUT2D eigenvalue weighted by molar-refractivity contribution is 9.10. The third-order valence-electron chi connectivity index (χ3n) is 3.30. The van der Waals surface area contributed by atoms with Crippen molar-refractivity contribution in [3.8, 4) is 5.75 Å². The lowest BCUT2D eigenvalue weighted by atomic mass is 10.1. The smallest absolute Gasteiger partial charge is 0.270 e. The maximum absolute atomic E-state index is 12.9. The molecule has 0 spiro atoms. The Labute approximate surface area is 156 Å². The van der Waals surface area contributed by atoms with Gasteiger partial charge in [-0.2, -0.15) is 0 Å². The third-order valence-corrected chi connectivity index (χ3v) is 5.23. The molecule has 8 heteroatoms. The first-order valence-corrected chi connectivity index (χ1v) is 8.88. The fourth-order valence-corrected chi connectivity index (χ4v) is 3.89. The van der Waals surface area contributed by atoms with Crippen LogP contribution >= 0.6 is 39.5 Å². The van der Waals surface area contributed by atoms with Crippen LogP contribution < -0.4 is 15.0 Å². The van der Waals surface area contributed by atoms with Gasteiger partial charge in [-0.1, -0.05) is 12.1 Å². The van der Waals surface area contributed by atoms with Crippen molar-refractivity contribution in [2.75, 3.05) is 12.0 Å². The number of nitrogens with one attached hydrogen (secondary N) is 1. The van der Waals surface area contributed by atoms with Crippen molar-refractivity contribution in [1.82, 2.24) is 5.32 Å². The number of rotatable bonds is 3. The number of halogens is 1. The Kier molecular flexibility index (Phi) is 4.79. The first kappa shape index (κ1) is 16.8. The standard InChI is InChI=1S/C16H11BrN2O3S2/c1-22-13-5-3-2-4-12(13)19-15(21)11(14(20)18-16(19)23)7-10-6-9(17)8-24-10/h2-8H,1H3,(H,18,20,23)/b11-7+. The van der Waals surface area contributed by atoms with Gasteiger partial charge in [0, 0.05) is 14.7 Å². The summed E-state index contributed by atoms with van der Waals surface area (Å²) in [5.41, 5.74) is 0.497. The fraction of sp³-hybridized carbons (Fsp3) is 0.0625. The molecule has 0 atom stereocenters. The molecule has 5 nitrogen and oxygen atoms in total. The first-order chi connectivity index (χ1) is 11.5. The lowest BCUT2D eigenvalue weighted by Gasteiger charge is -2.29. The summed E-state index contributed by atoms with van der Waals surface area (Å²) in [5, 5.41) is 4.46. The van der Waals surface area contributed by atoms with Gasteiger partial charge in [0.25, 0.3) is 11.8 Å². The number of nitrogens with zero attached hydrogens (tertiary/aromatic N) is 1. The molecule has 1 fully saturated rings. The monoisotopic (exact) mass is 422 g/mol. The number of benzene rings is 1. The van der Waals surface area contributed by atoms with Crippen molar-refractivity contribution in [3.63, 3.8) is 0 Å². The van der Waals surface area contributed by atoms with Crippen molar-refractivity contribution in [2.45, 2.75) is 0 Å². The number of methoxy groups -OCH3 is 1. The van der Waals surface area contributed by atoms with Crippen molar-refractivity contribution >= 4 is 68.2 Å². The molecule has 2 heterocycles. The molecule has 0 bridgehead atoms. The van der Waals surface area contributed by atoms with E-state index in [0.717, 1.165) is 9.35 Å². The van der Waals surface area contributed by atoms with Gasteiger partial charge in [-0.15, -0.1) is 11.3 Å². The summed E-state index contributed by atoms with van der Waals surface area (Å²) in [6.45, 7) is 0. The van der Waals surface area contributed by atoms with Crippen LogP contribution in [0.4, 0.5) is 5.69 Å². The molecule has 1 aliphatic rings. The molecule has 24 heavy (non-hydrogen) atoms. The molecule has 1 saturated heterocycles. The largest absolute Gasteiger partial charge is 0.495 e. The summed E-state index contributed by atoms with van der Waals surface area (Å²) in [6, 6.07) is 8.82. The summed E-state index contributed by atoms with van der Waals surface area (Å²) >= 11 is 9.95. The first-order valence-electron chi connectivity index (χ1n) is 6.80. The molecule has 122 valence electrons. The number of hydrogen-bond acceptors (Lipinski definition) is 5. The zero-order valence-electron chi connectivity index (χ0n) is 12.4. The summed E-state index contributed by atoms with van der Waals surface area (Å²) in [4.78, 5) is 27.1. The molecular weight excluding hydrogens is 412 g/mol. The van der Waals surface area contributed by atoms with Gasteiger partial charge in [-0.05, 0) is 52.4 Å². The van der Waals surface area contributed by atoms with E-state index in [-0.39, 0.29) is 10.7 Å². The van der Waals surface area contributed by atoms with Crippen LogP contribution in [0, 0.1) is 0 Å². The number of amides is 2. The van der Waals surface area contributed by atoms with Crippen molar-refractivity contribution < 1.29 is 14.3 Å². The van der Waals surface area contributed by atoms with Crippen LogP contribution in [0.25, 0.3) is 6.08 Å². The Morgan fingerprint density at radius 1 is 1.33 bits per heavy atom. The van der Waals surface area contributed by atoms with Gasteiger partial charge >= 0.3 is 0 Å². The van der Waals surface area contributed by atoms with E-state index in [0.29, 0.717) is 11.4 Å². The second-order valence-corrected chi connectivity index (χ2v) is 7.04. The van der Waals surface area contributed by atoms with Crippen molar-refractivity contribution in [3.05, 3.63) is 50.6 Å². The van der Waals surface area contributed by atoms with E-state index < -0.39 is 11.8 Å². The highest BCUT2D eigenvalue weighted by Crippen LogP contribution is 2.31. The van der Waals surface area contributed by atoms with Gasteiger partial charge in [-0.25, -0.2) is 4.90 Å². The average molecular weight is 423 g/mol. The Bertz CT molecular complexity index is 876. The molecule has 0 radical (unpaired) electrons. The van der Waals surface area contributed by atoms with E-state index in [9.17, 15) is 9.59 Å². The van der Waals surface area contributed by atoms with Crippen molar-refractivity contribution in [1.29, 1.82) is 0 Å². The van der Waals surface area contributed by atoms with E-state index in [1.54, 1.807) is 30.3 Å². The third kappa shape index (κ3) is 3.12. The molecule has 1 N–H and O–H groups in total. The van der Waals surface area contributed by atoms with Gasteiger partial charge in [0.2, 0.25) is 0 Å². The summed E-state index contributed by atoms with van der Waals surface area (Å²) in [7, 11) is 1.51. The van der Waals surface area contributed by atoms with E-state index >= 15 is 0 Å². The normalized spacial score (nSPS) is 16.5. The van der Waals surface area contributed by atoms with Gasteiger partial charge in [-0.3, -0.25) is 14.9 Å². The summed E-state index contributed by atoms with van der Waals surface area (Å²) < 4.78 is 6.18. The predicted octanol–water partition coefficient (Wildman–Crippen LogP) is 3.35. The fourth-order valence-electron chi connectivity index (χ4n) is 2.24. The molecule has 1 aromatic carbocycles. The number of ether oxygens (including phenoxy) is 1. The van der Waals surface area contributed by atoms with E-state index in [4.69, 9.17) is 17.0 Å². The van der Waals surface area contributed by atoms with E-state index in [2.05, 4.69) is 21.2 Å². The zero-order chi connectivity index (χ0) is 17.3. The Morgan fingerprint density at radius 3 is 2.75 bits per heavy atom. The minimum absolute atomic E-state index is 0.0175. The number of thiophene rings is 1. The molecule has 1 aromatic heterocycles. The molecule has 3 rings (SSSR count). The lowest BCUT2D eigenvalue weighted by Crippen LogP contribution is -2.54. The molecule has 1 aliphatic heterocycles. The molecule has 0 unspecified atom stereocenters. The van der Waals surface area contributed by atoms with Gasteiger partial charge in [0.15, 0.2) is 5.11 Å². The summed E-state index contributed by atoms with van der Waals surface area (Å²) in [5.74, 6) is -0.513. The molecule has 0 aliphatic carbocycles. The van der Waals surface area contributed by atoms with Gasteiger partial charge < -0.3 is 4.74 Å². The minimum Gasteiger partial charge on any atom is -0.495 e. The Hall–Kier alpha value is -2.03. The van der Waals surface area contributed by atoms with E-state index in [1.165, 1.54) is 23.3 Å². The minimum atomic E-state index is -0.513. The molecular formula is C16H11BrN2O3S2. The predicted molar refractivity (Wildman–Crippen MR) is 101 cm³/mol. The Balaban J connectivity index is 2.05. The van der Waals surface area contributed by atoms with Crippen LogP contribution in [-0.2, 0) is 9.59 Å². The quantitative estimate of drug-likeness (QED) is 0.468. The van der Waals surface area contributed by atoms with Crippen LogP contribution in [0.5, 0.6) is 5.75 Å². The topological polar surface area (TPSA) is 58.6 Å². The second kappa shape index (κ2) is 6.84. The van der Waals surface area contributed by atoms with Crippen LogP contribution in [0.15, 0.2) is 45.8 Å². The number of anilines is 1. The lowest BCUT2D eigenvalue weighted by molar-refractivity contribution is -0.122. The maximum Gasteiger partial charge on any atom is 0.270 e. The number of thiocarbonyl (C=S) groups is 1. The number of para-hydroxylation sites is 2. The van der Waals surface area contributed by atoms with Gasteiger partial charge in [0.1, 0.15) is 11.3 Å². The number of carbonyl (C=O) groups excluding carboxylic acids is 2. The highest BCUT2D eigenvalue weighted by Gasteiger charge is 2.35. The van der Waals surface area contributed by atoms with Crippen LogP contribution in [0.3, 0.4) is 0 Å². The highest BCUT2D eigenvalue weighted by atomic mass is 79.9. The second-order valence-electron chi connectivity index (χ2n) is 4.80. The molecule has 2 amide bonds. The molecule has 2 aromatic rings. The Morgan fingerprint density at radius 2 is 2.08 bits per heavy atom. The molecule has 0 saturated carbocycles. The summed E-state index contributed by atoms with van der Waals surface area (Å²) in [6.07, 6.45) is 1.55. The maximum atomic E-state index is 12.9. The van der Waals surface area contributed by atoms with Crippen molar-refractivity contribution in [2.24, 2.45) is 0 Å². The van der Waals surface area contributed by atoms with E-state index in [1.807, 2.05) is 11.4 Å².